The highest BCUT2D eigenvalue weighted by Gasteiger charge is 2.22. The molecular weight excluding hydrogens is 230 g/mol. The second-order valence-corrected chi connectivity index (χ2v) is 5.19. The molecule has 0 saturated carbocycles. The molecule has 0 radical (unpaired) electrons. The lowest BCUT2D eigenvalue weighted by Gasteiger charge is -2.24. The molecule has 1 aromatic rings. The van der Waals surface area contributed by atoms with Gasteiger partial charge in [0, 0.05) is 12.2 Å². The molecule has 0 saturated heterocycles. The van der Waals surface area contributed by atoms with Gasteiger partial charge in [0.1, 0.15) is 5.82 Å². The zero-order valence-electron chi connectivity index (χ0n) is 11.3. The van der Waals surface area contributed by atoms with Crippen LogP contribution in [0.1, 0.15) is 38.1 Å². The van der Waals surface area contributed by atoms with Crippen LogP contribution in [0, 0.1) is 0 Å². The highest BCUT2D eigenvalue weighted by Crippen LogP contribution is 2.14. The first-order valence-electron chi connectivity index (χ1n) is 6.00. The molecule has 18 heavy (non-hydrogen) atoms. The number of anilines is 1. The minimum absolute atomic E-state index is 0.119. The van der Waals surface area contributed by atoms with Gasteiger partial charge in [-0.2, -0.15) is 0 Å². The van der Waals surface area contributed by atoms with Gasteiger partial charge in [0.25, 0.3) is 5.91 Å². The highest BCUT2D eigenvalue weighted by molar-refractivity contribution is 5.99. The largest absolute Gasteiger partial charge is 0.394 e. The molecule has 0 fully saturated rings. The normalized spacial score (nSPS) is 11.4. The molecular formula is C13H21N3O2. The van der Waals surface area contributed by atoms with Crippen LogP contribution in [0.2, 0.25) is 0 Å². The van der Waals surface area contributed by atoms with Crippen molar-refractivity contribution in [3.05, 3.63) is 23.9 Å². The second kappa shape index (κ2) is 5.82. The first-order valence-corrected chi connectivity index (χ1v) is 6.00. The van der Waals surface area contributed by atoms with E-state index in [2.05, 4.69) is 15.6 Å². The van der Waals surface area contributed by atoms with Crippen molar-refractivity contribution in [2.75, 3.05) is 11.9 Å². The van der Waals surface area contributed by atoms with Gasteiger partial charge in [-0.15, -0.1) is 0 Å². The molecule has 0 aliphatic carbocycles. The summed E-state index contributed by atoms with van der Waals surface area (Å²) >= 11 is 0. The van der Waals surface area contributed by atoms with Crippen molar-refractivity contribution in [3.8, 4) is 0 Å². The highest BCUT2D eigenvalue weighted by atomic mass is 16.3. The number of carbonyl (C=O) groups excluding carboxylic acids is 1. The SMILES string of the molecule is CC(C)Nc1ncccc1C(=O)NC(C)(C)CO. The van der Waals surface area contributed by atoms with Crippen LogP contribution in [0.25, 0.3) is 0 Å². The summed E-state index contributed by atoms with van der Waals surface area (Å²) in [5.41, 5.74) is -0.171. The lowest BCUT2D eigenvalue weighted by molar-refractivity contribution is 0.0870. The molecule has 5 heteroatoms. The number of hydrogen-bond acceptors (Lipinski definition) is 4. The van der Waals surface area contributed by atoms with Gasteiger partial charge in [0.05, 0.1) is 17.7 Å². The van der Waals surface area contributed by atoms with Gasteiger partial charge in [0.2, 0.25) is 0 Å². The molecule has 0 aliphatic heterocycles. The fraction of sp³-hybridized carbons (Fsp3) is 0.538. The van der Waals surface area contributed by atoms with E-state index in [1.54, 1.807) is 32.2 Å². The molecule has 0 aliphatic rings. The van der Waals surface area contributed by atoms with E-state index in [1.165, 1.54) is 0 Å². The van der Waals surface area contributed by atoms with Gasteiger partial charge in [-0.25, -0.2) is 4.98 Å². The number of amides is 1. The number of rotatable bonds is 5. The summed E-state index contributed by atoms with van der Waals surface area (Å²) in [6.07, 6.45) is 1.64. The zero-order chi connectivity index (χ0) is 13.8. The van der Waals surface area contributed by atoms with Crippen LogP contribution in [0.4, 0.5) is 5.82 Å². The minimum Gasteiger partial charge on any atom is -0.394 e. The van der Waals surface area contributed by atoms with Crippen molar-refractivity contribution >= 4 is 11.7 Å². The summed E-state index contributed by atoms with van der Waals surface area (Å²) in [5, 5.41) is 15.0. The van der Waals surface area contributed by atoms with E-state index < -0.39 is 5.54 Å². The van der Waals surface area contributed by atoms with Gasteiger partial charge in [0.15, 0.2) is 0 Å². The van der Waals surface area contributed by atoms with Gasteiger partial charge in [-0.1, -0.05) is 0 Å². The Morgan fingerprint density at radius 1 is 1.50 bits per heavy atom. The van der Waals surface area contributed by atoms with E-state index in [0.29, 0.717) is 11.4 Å². The third-order valence-corrected chi connectivity index (χ3v) is 2.32. The van der Waals surface area contributed by atoms with Crippen molar-refractivity contribution in [3.63, 3.8) is 0 Å². The number of aliphatic hydroxyl groups is 1. The lowest BCUT2D eigenvalue weighted by Crippen LogP contribution is -2.46. The van der Waals surface area contributed by atoms with Crippen molar-refractivity contribution in [1.82, 2.24) is 10.3 Å². The monoisotopic (exact) mass is 251 g/mol. The van der Waals surface area contributed by atoms with Gasteiger partial charge in [-0.3, -0.25) is 4.79 Å². The van der Waals surface area contributed by atoms with Crippen LogP contribution in [-0.2, 0) is 0 Å². The fourth-order valence-corrected chi connectivity index (χ4v) is 1.39. The predicted octanol–water partition coefficient (Wildman–Crippen LogP) is 1.40. The van der Waals surface area contributed by atoms with E-state index in [4.69, 9.17) is 5.11 Å². The molecule has 1 heterocycles. The van der Waals surface area contributed by atoms with E-state index in [-0.39, 0.29) is 18.6 Å². The molecule has 0 aromatic carbocycles. The standard InChI is InChI=1S/C13H21N3O2/c1-9(2)15-11-10(6-5-7-14-11)12(18)16-13(3,4)8-17/h5-7,9,17H,8H2,1-4H3,(H,14,15)(H,16,18). The molecule has 0 spiro atoms. The summed E-state index contributed by atoms with van der Waals surface area (Å²) in [6, 6.07) is 3.62. The number of pyridine rings is 1. The van der Waals surface area contributed by atoms with Crippen LogP contribution in [0.15, 0.2) is 18.3 Å². The average molecular weight is 251 g/mol. The Morgan fingerprint density at radius 2 is 2.17 bits per heavy atom. The number of nitrogens with one attached hydrogen (secondary N) is 2. The van der Waals surface area contributed by atoms with Gasteiger partial charge >= 0.3 is 0 Å². The minimum atomic E-state index is -0.651. The maximum atomic E-state index is 12.1. The zero-order valence-corrected chi connectivity index (χ0v) is 11.3. The quantitative estimate of drug-likeness (QED) is 0.739. The first-order chi connectivity index (χ1) is 8.35. The molecule has 100 valence electrons. The van der Waals surface area contributed by atoms with Crippen molar-refractivity contribution in [2.24, 2.45) is 0 Å². The van der Waals surface area contributed by atoms with Crippen LogP contribution < -0.4 is 10.6 Å². The Bertz CT molecular complexity index is 416. The summed E-state index contributed by atoms with van der Waals surface area (Å²) in [6.45, 7) is 7.36. The first kappa shape index (κ1) is 14.4. The number of carbonyl (C=O) groups is 1. The van der Waals surface area contributed by atoms with E-state index in [9.17, 15) is 4.79 Å². The summed E-state index contributed by atoms with van der Waals surface area (Å²) in [5.74, 6) is 0.309. The summed E-state index contributed by atoms with van der Waals surface area (Å²) in [4.78, 5) is 16.3. The van der Waals surface area contributed by atoms with E-state index >= 15 is 0 Å². The number of hydrogen-bond donors (Lipinski definition) is 3. The van der Waals surface area contributed by atoms with Crippen molar-refractivity contribution in [1.29, 1.82) is 0 Å². The van der Waals surface area contributed by atoms with E-state index in [1.807, 2.05) is 13.8 Å². The second-order valence-electron chi connectivity index (χ2n) is 5.19. The Morgan fingerprint density at radius 3 is 2.72 bits per heavy atom. The van der Waals surface area contributed by atoms with Crippen LogP contribution in [-0.4, -0.2) is 34.2 Å². The molecule has 0 unspecified atom stereocenters. The van der Waals surface area contributed by atoms with Crippen LogP contribution >= 0.6 is 0 Å². The molecule has 3 N–H and O–H groups in total. The summed E-state index contributed by atoms with van der Waals surface area (Å²) in [7, 11) is 0. The number of nitrogens with zero attached hydrogens (tertiary/aromatic N) is 1. The third-order valence-electron chi connectivity index (χ3n) is 2.32. The van der Waals surface area contributed by atoms with Crippen molar-refractivity contribution in [2.45, 2.75) is 39.3 Å². The van der Waals surface area contributed by atoms with Crippen LogP contribution in [0.3, 0.4) is 0 Å². The third kappa shape index (κ3) is 4.00. The number of aromatic nitrogens is 1. The molecule has 1 aromatic heterocycles. The maximum absolute atomic E-state index is 12.1. The lowest BCUT2D eigenvalue weighted by atomic mass is 10.1. The predicted molar refractivity (Wildman–Crippen MR) is 71.6 cm³/mol. The smallest absolute Gasteiger partial charge is 0.255 e. The fourth-order valence-electron chi connectivity index (χ4n) is 1.39. The Kier molecular flexibility index (Phi) is 4.67. The summed E-state index contributed by atoms with van der Waals surface area (Å²) < 4.78 is 0. The average Bonchev–Trinajstić information content (AvgIpc) is 2.28. The molecule has 1 rings (SSSR count). The molecule has 0 bridgehead atoms. The van der Waals surface area contributed by atoms with Crippen molar-refractivity contribution < 1.29 is 9.90 Å². The Labute approximate surface area is 108 Å². The number of aliphatic hydroxyl groups excluding tert-OH is 1. The Balaban J connectivity index is 2.92. The van der Waals surface area contributed by atoms with Gasteiger partial charge in [-0.05, 0) is 39.8 Å². The maximum Gasteiger partial charge on any atom is 0.255 e. The topological polar surface area (TPSA) is 74.2 Å². The molecule has 0 atom stereocenters. The van der Waals surface area contributed by atoms with E-state index in [0.717, 1.165) is 0 Å². The Hall–Kier alpha value is -1.62. The van der Waals surface area contributed by atoms with Gasteiger partial charge < -0.3 is 15.7 Å². The van der Waals surface area contributed by atoms with Crippen LogP contribution in [0.5, 0.6) is 0 Å². The molecule has 1 amide bonds. The molecule has 5 nitrogen and oxygen atoms in total.